The molecule has 0 aromatic heterocycles. The Kier molecular flexibility index (Phi) is 5.07. The number of nitrogen functional groups attached to an aromatic ring is 1. The van der Waals surface area contributed by atoms with E-state index in [9.17, 15) is 8.42 Å². The predicted octanol–water partition coefficient (Wildman–Crippen LogP) is 1.92. The quantitative estimate of drug-likeness (QED) is 0.812. The van der Waals surface area contributed by atoms with Crippen molar-refractivity contribution >= 4 is 27.5 Å². The van der Waals surface area contributed by atoms with Crippen molar-refractivity contribution in [3.8, 4) is 0 Å². The molecular formula is C12H20N2O2S2. The van der Waals surface area contributed by atoms with Gasteiger partial charge < -0.3 is 5.73 Å². The number of nitrogens with two attached hydrogens (primary N) is 1. The van der Waals surface area contributed by atoms with E-state index >= 15 is 0 Å². The van der Waals surface area contributed by atoms with Crippen LogP contribution < -0.4 is 10.5 Å². The maximum Gasteiger partial charge on any atom is 0.242 e. The summed E-state index contributed by atoms with van der Waals surface area (Å²) in [6.07, 6.45) is 1.95. The molecule has 1 aromatic rings. The lowest BCUT2D eigenvalue weighted by Crippen LogP contribution is -2.30. The second-order valence-corrected chi connectivity index (χ2v) is 7.30. The number of rotatable bonds is 5. The number of nitrogens with one attached hydrogen (secondary N) is 1. The fraction of sp³-hybridized carbons (Fsp3) is 0.500. The zero-order valence-corrected chi connectivity index (χ0v) is 12.8. The summed E-state index contributed by atoms with van der Waals surface area (Å²) < 4.78 is 27.1. The van der Waals surface area contributed by atoms with Crippen LogP contribution in [0.15, 0.2) is 17.0 Å². The molecule has 0 fully saturated rings. The Morgan fingerprint density at radius 1 is 1.39 bits per heavy atom. The van der Waals surface area contributed by atoms with Gasteiger partial charge in [0.2, 0.25) is 10.0 Å². The predicted molar refractivity (Wildman–Crippen MR) is 78.5 cm³/mol. The average Bonchev–Trinajstić information content (AvgIpc) is 2.31. The first-order chi connectivity index (χ1) is 8.29. The van der Waals surface area contributed by atoms with Gasteiger partial charge >= 0.3 is 0 Å². The molecule has 6 heteroatoms. The summed E-state index contributed by atoms with van der Waals surface area (Å²) >= 11 is 1.61. The van der Waals surface area contributed by atoms with Gasteiger partial charge in [-0.2, -0.15) is 11.8 Å². The fourth-order valence-electron chi connectivity index (χ4n) is 1.55. The molecule has 0 aliphatic heterocycles. The zero-order valence-electron chi connectivity index (χ0n) is 11.1. The van der Waals surface area contributed by atoms with Crippen molar-refractivity contribution < 1.29 is 8.42 Å². The number of aryl methyl sites for hydroxylation is 1. The molecule has 4 nitrogen and oxygen atoms in total. The van der Waals surface area contributed by atoms with E-state index in [1.54, 1.807) is 24.8 Å². The highest BCUT2D eigenvalue weighted by molar-refractivity contribution is 7.99. The number of thioether (sulfide) groups is 1. The Labute approximate surface area is 113 Å². The maximum absolute atomic E-state index is 12.2. The Morgan fingerprint density at radius 2 is 2.00 bits per heavy atom. The van der Waals surface area contributed by atoms with Crippen LogP contribution in [0.25, 0.3) is 0 Å². The molecule has 0 bridgehead atoms. The van der Waals surface area contributed by atoms with Gasteiger partial charge in [-0.05, 0) is 37.3 Å². The molecule has 1 unspecified atom stereocenters. The van der Waals surface area contributed by atoms with Gasteiger partial charge in [-0.25, -0.2) is 13.1 Å². The van der Waals surface area contributed by atoms with Gasteiger partial charge in [-0.1, -0.05) is 13.0 Å². The second-order valence-electron chi connectivity index (χ2n) is 4.32. The van der Waals surface area contributed by atoms with Gasteiger partial charge in [-0.3, -0.25) is 0 Å². The summed E-state index contributed by atoms with van der Waals surface area (Å²) in [5.41, 5.74) is 7.71. The number of benzene rings is 1. The molecular weight excluding hydrogens is 268 g/mol. The van der Waals surface area contributed by atoms with E-state index in [0.717, 1.165) is 5.56 Å². The van der Waals surface area contributed by atoms with Crippen LogP contribution in [-0.2, 0) is 10.0 Å². The topological polar surface area (TPSA) is 72.2 Å². The van der Waals surface area contributed by atoms with Crippen molar-refractivity contribution in [2.24, 2.45) is 0 Å². The van der Waals surface area contributed by atoms with Crippen LogP contribution in [0.4, 0.5) is 5.69 Å². The summed E-state index contributed by atoms with van der Waals surface area (Å²) in [6, 6.07) is 3.46. The number of hydrogen-bond acceptors (Lipinski definition) is 4. The summed E-state index contributed by atoms with van der Waals surface area (Å²) in [7, 11) is -3.54. The minimum absolute atomic E-state index is 0.204. The van der Waals surface area contributed by atoms with Gasteiger partial charge in [0.15, 0.2) is 0 Å². The van der Waals surface area contributed by atoms with Crippen LogP contribution in [0.1, 0.15) is 18.1 Å². The summed E-state index contributed by atoms with van der Waals surface area (Å²) in [6.45, 7) is 6.02. The van der Waals surface area contributed by atoms with Crippen LogP contribution in [0.3, 0.4) is 0 Å². The van der Waals surface area contributed by atoms with Crippen LogP contribution in [0.2, 0.25) is 0 Å². The standard InChI is InChI=1S/C12H20N2O2S2/c1-8-5-6-11(13)12(10(8)3)18(15,16)14-7-9(2)17-4/h5-6,9,14H,7,13H2,1-4H3. The Balaban J connectivity index is 3.09. The van der Waals surface area contributed by atoms with Crippen LogP contribution in [0, 0.1) is 13.8 Å². The SMILES string of the molecule is CSC(C)CNS(=O)(=O)c1c(N)ccc(C)c1C. The molecule has 0 heterocycles. The first-order valence-corrected chi connectivity index (χ1v) is 8.45. The highest BCUT2D eigenvalue weighted by atomic mass is 32.2. The van der Waals surface area contributed by atoms with Crippen LogP contribution >= 0.6 is 11.8 Å². The lowest BCUT2D eigenvalue weighted by Gasteiger charge is -2.15. The van der Waals surface area contributed by atoms with E-state index in [1.807, 2.05) is 26.2 Å². The number of sulfonamides is 1. The van der Waals surface area contributed by atoms with Crippen molar-refractivity contribution in [3.05, 3.63) is 23.3 Å². The lowest BCUT2D eigenvalue weighted by atomic mass is 10.1. The Hall–Kier alpha value is -0.720. The lowest BCUT2D eigenvalue weighted by molar-refractivity contribution is 0.581. The van der Waals surface area contributed by atoms with E-state index in [2.05, 4.69) is 4.72 Å². The van der Waals surface area contributed by atoms with Gasteiger partial charge in [0.05, 0.1) is 5.69 Å². The fourth-order valence-corrected chi connectivity index (χ4v) is 3.46. The van der Waals surface area contributed by atoms with E-state index in [0.29, 0.717) is 17.8 Å². The third kappa shape index (κ3) is 3.40. The Morgan fingerprint density at radius 3 is 2.56 bits per heavy atom. The first-order valence-electron chi connectivity index (χ1n) is 5.67. The van der Waals surface area contributed by atoms with Crippen molar-refractivity contribution in [1.82, 2.24) is 4.72 Å². The van der Waals surface area contributed by atoms with Gasteiger partial charge in [0.1, 0.15) is 4.90 Å². The Bertz CT molecular complexity index is 527. The van der Waals surface area contributed by atoms with Crippen LogP contribution in [-0.4, -0.2) is 26.5 Å². The van der Waals surface area contributed by atoms with E-state index in [1.165, 1.54) is 0 Å². The summed E-state index contributed by atoms with van der Waals surface area (Å²) in [4.78, 5) is 0.204. The van der Waals surface area contributed by atoms with Gasteiger partial charge in [0.25, 0.3) is 0 Å². The molecule has 1 rings (SSSR count). The molecule has 0 amide bonds. The molecule has 0 radical (unpaired) electrons. The van der Waals surface area contributed by atoms with E-state index in [-0.39, 0.29) is 10.1 Å². The average molecular weight is 288 g/mol. The minimum atomic E-state index is -3.54. The maximum atomic E-state index is 12.2. The number of hydrogen-bond donors (Lipinski definition) is 2. The van der Waals surface area contributed by atoms with Crippen LogP contribution in [0.5, 0.6) is 0 Å². The molecule has 3 N–H and O–H groups in total. The smallest absolute Gasteiger partial charge is 0.242 e. The molecule has 102 valence electrons. The summed E-state index contributed by atoms with van der Waals surface area (Å²) in [5.74, 6) is 0. The third-order valence-electron chi connectivity index (χ3n) is 2.94. The molecule has 18 heavy (non-hydrogen) atoms. The normalized spacial score (nSPS) is 13.6. The van der Waals surface area contributed by atoms with Crippen molar-refractivity contribution in [2.75, 3.05) is 18.5 Å². The molecule has 0 aliphatic carbocycles. The molecule has 0 aliphatic rings. The number of anilines is 1. The second kappa shape index (κ2) is 5.95. The van der Waals surface area contributed by atoms with Crippen molar-refractivity contribution in [1.29, 1.82) is 0 Å². The zero-order chi connectivity index (χ0) is 13.9. The monoisotopic (exact) mass is 288 g/mol. The van der Waals surface area contributed by atoms with Gasteiger partial charge in [0, 0.05) is 11.8 Å². The highest BCUT2D eigenvalue weighted by Gasteiger charge is 2.21. The largest absolute Gasteiger partial charge is 0.398 e. The van der Waals surface area contributed by atoms with E-state index < -0.39 is 10.0 Å². The third-order valence-corrected chi connectivity index (χ3v) is 5.54. The summed E-state index contributed by atoms with van der Waals surface area (Å²) in [5, 5.41) is 0.228. The molecule has 1 atom stereocenters. The first kappa shape index (κ1) is 15.3. The molecule has 0 saturated heterocycles. The van der Waals surface area contributed by atoms with Gasteiger partial charge in [-0.15, -0.1) is 0 Å². The molecule has 1 aromatic carbocycles. The minimum Gasteiger partial charge on any atom is -0.398 e. The highest BCUT2D eigenvalue weighted by Crippen LogP contribution is 2.25. The van der Waals surface area contributed by atoms with E-state index in [4.69, 9.17) is 5.73 Å². The van der Waals surface area contributed by atoms with Crippen molar-refractivity contribution in [3.63, 3.8) is 0 Å². The molecule has 0 saturated carbocycles. The molecule has 0 spiro atoms. The van der Waals surface area contributed by atoms with Crippen molar-refractivity contribution in [2.45, 2.75) is 30.9 Å².